The largest absolute Gasteiger partial charge is 0.372 e. The molecule has 0 aliphatic carbocycles. The number of hydrogen-bond acceptors (Lipinski definition) is 3. The highest BCUT2D eigenvalue weighted by Crippen LogP contribution is 2.11. The summed E-state index contributed by atoms with van der Waals surface area (Å²) in [4.78, 5) is 0. The molecule has 1 aromatic rings. The molecular formula is C18H29FO3Si. The van der Waals surface area contributed by atoms with Crippen molar-refractivity contribution in [3.8, 4) is 0 Å². The Morgan fingerprint density at radius 1 is 1.00 bits per heavy atom. The normalized spacial score (nSPS) is 11.8. The van der Waals surface area contributed by atoms with E-state index < -0.39 is 6.48 Å². The fraction of sp³-hybridized carbons (Fsp3) is 0.667. The van der Waals surface area contributed by atoms with Crippen molar-refractivity contribution in [2.45, 2.75) is 78.1 Å². The maximum absolute atomic E-state index is 13.1. The van der Waals surface area contributed by atoms with Crippen molar-refractivity contribution >= 4 is 9.76 Å². The molecule has 0 aliphatic rings. The zero-order valence-corrected chi connectivity index (χ0v) is 15.7. The van der Waals surface area contributed by atoms with E-state index in [1.54, 1.807) is 12.1 Å². The molecule has 0 unspecified atom stereocenters. The van der Waals surface area contributed by atoms with Crippen LogP contribution in [0.2, 0.25) is 6.04 Å². The van der Waals surface area contributed by atoms with E-state index in [2.05, 4.69) is 0 Å². The molecule has 0 atom stereocenters. The molecule has 0 saturated carbocycles. The standard InChI is InChI=1S/C18H29FO3Si/c1-14(2)20-18(21-15(3)4)22-23-12-7-5-6-9-16-10-8-11-17(19)13-16/h8,10-11,13-15,18H,5-7,9,12H2,1-4H3. The summed E-state index contributed by atoms with van der Waals surface area (Å²) in [5.41, 5.74) is 1.07. The van der Waals surface area contributed by atoms with E-state index in [0.717, 1.165) is 37.3 Å². The number of aryl methyl sites for hydroxylation is 1. The third kappa shape index (κ3) is 10.6. The molecule has 2 radical (unpaired) electrons. The third-order valence-electron chi connectivity index (χ3n) is 3.08. The van der Waals surface area contributed by atoms with Crippen LogP contribution in [0.1, 0.15) is 52.5 Å². The van der Waals surface area contributed by atoms with Gasteiger partial charge in [0, 0.05) is 0 Å². The lowest BCUT2D eigenvalue weighted by Crippen LogP contribution is -2.28. The lowest BCUT2D eigenvalue weighted by Gasteiger charge is -2.22. The predicted molar refractivity (Wildman–Crippen MR) is 91.8 cm³/mol. The SMILES string of the molecule is CC(C)OC(O[Si]CCCCCc1cccc(F)c1)OC(C)C. The van der Waals surface area contributed by atoms with Crippen molar-refractivity contribution in [1.29, 1.82) is 0 Å². The first-order chi connectivity index (χ1) is 11.0. The second-order valence-corrected chi connectivity index (χ2v) is 7.14. The van der Waals surface area contributed by atoms with Gasteiger partial charge in [-0.1, -0.05) is 25.0 Å². The topological polar surface area (TPSA) is 27.7 Å². The Balaban J connectivity index is 2.09. The van der Waals surface area contributed by atoms with E-state index in [-0.39, 0.29) is 18.0 Å². The molecule has 1 rings (SSSR count). The number of hydrogen-bond donors (Lipinski definition) is 0. The van der Waals surface area contributed by atoms with Crippen LogP contribution in [-0.2, 0) is 20.3 Å². The van der Waals surface area contributed by atoms with E-state index in [1.165, 1.54) is 6.07 Å². The Morgan fingerprint density at radius 3 is 2.30 bits per heavy atom. The van der Waals surface area contributed by atoms with Crippen molar-refractivity contribution in [3.05, 3.63) is 35.6 Å². The maximum Gasteiger partial charge on any atom is 0.262 e. The van der Waals surface area contributed by atoms with Crippen molar-refractivity contribution < 1.29 is 18.3 Å². The van der Waals surface area contributed by atoms with Gasteiger partial charge in [-0.2, -0.15) is 0 Å². The smallest absolute Gasteiger partial charge is 0.262 e. The lowest BCUT2D eigenvalue weighted by atomic mass is 10.1. The molecule has 0 spiro atoms. The van der Waals surface area contributed by atoms with Gasteiger partial charge in [0.25, 0.3) is 6.48 Å². The number of halogens is 1. The summed E-state index contributed by atoms with van der Waals surface area (Å²) in [6.45, 7) is 7.30. The van der Waals surface area contributed by atoms with Crippen LogP contribution in [0.4, 0.5) is 4.39 Å². The molecule has 1 aromatic carbocycles. The Bertz CT molecular complexity index is 416. The van der Waals surface area contributed by atoms with E-state index in [9.17, 15) is 4.39 Å². The van der Waals surface area contributed by atoms with Gasteiger partial charge in [-0.15, -0.1) is 0 Å². The molecule has 0 bridgehead atoms. The molecule has 0 heterocycles. The summed E-state index contributed by atoms with van der Waals surface area (Å²) in [5, 5.41) is 0. The minimum absolute atomic E-state index is 0.0785. The highest BCUT2D eigenvalue weighted by atomic mass is 28.2. The second kappa shape index (κ2) is 11.7. The first kappa shape index (κ1) is 20.3. The zero-order chi connectivity index (χ0) is 17.1. The first-order valence-corrected chi connectivity index (χ1v) is 9.52. The van der Waals surface area contributed by atoms with E-state index >= 15 is 0 Å². The van der Waals surface area contributed by atoms with Gasteiger partial charge >= 0.3 is 0 Å². The van der Waals surface area contributed by atoms with Gasteiger partial charge in [-0.3, -0.25) is 0 Å². The Hall–Kier alpha value is -0.753. The quantitative estimate of drug-likeness (QED) is 0.313. The lowest BCUT2D eigenvalue weighted by molar-refractivity contribution is -0.275. The molecule has 3 nitrogen and oxygen atoms in total. The molecule has 0 aliphatic heterocycles. The zero-order valence-electron chi connectivity index (χ0n) is 14.7. The van der Waals surface area contributed by atoms with Gasteiger partial charge in [0.2, 0.25) is 9.76 Å². The first-order valence-electron chi connectivity index (χ1n) is 8.41. The summed E-state index contributed by atoms with van der Waals surface area (Å²) in [6, 6.07) is 7.84. The van der Waals surface area contributed by atoms with Gasteiger partial charge in [0.1, 0.15) is 5.82 Å². The van der Waals surface area contributed by atoms with Gasteiger partial charge in [-0.05, 0) is 64.3 Å². The van der Waals surface area contributed by atoms with E-state index in [4.69, 9.17) is 13.9 Å². The van der Waals surface area contributed by atoms with Crippen molar-refractivity contribution in [3.63, 3.8) is 0 Å². The van der Waals surface area contributed by atoms with Crippen molar-refractivity contribution in [2.24, 2.45) is 0 Å². The van der Waals surface area contributed by atoms with Crippen LogP contribution >= 0.6 is 0 Å². The van der Waals surface area contributed by atoms with Gasteiger partial charge in [-0.25, -0.2) is 4.39 Å². The average Bonchev–Trinajstić information content (AvgIpc) is 2.45. The molecule has 23 heavy (non-hydrogen) atoms. The van der Waals surface area contributed by atoms with Crippen LogP contribution in [-0.4, -0.2) is 28.4 Å². The number of benzene rings is 1. The Kier molecular flexibility index (Phi) is 10.4. The van der Waals surface area contributed by atoms with Gasteiger partial charge < -0.3 is 13.9 Å². The van der Waals surface area contributed by atoms with Crippen LogP contribution in [0.25, 0.3) is 0 Å². The molecule has 0 amide bonds. The van der Waals surface area contributed by atoms with E-state index in [1.807, 2.05) is 33.8 Å². The molecule has 0 N–H and O–H groups in total. The fourth-order valence-electron chi connectivity index (χ4n) is 2.05. The van der Waals surface area contributed by atoms with Crippen molar-refractivity contribution in [2.75, 3.05) is 0 Å². The van der Waals surface area contributed by atoms with Crippen LogP contribution in [0.15, 0.2) is 24.3 Å². The monoisotopic (exact) mass is 340 g/mol. The fourth-order valence-corrected chi connectivity index (χ4v) is 2.81. The van der Waals surface area contributed by atoms with Crippen LogP contribution < -0.4 is 0 Å². The summed E-state index contributed by atoms with van der Waals surface area (Å²) < 4.78 is 29.9. The Morgan fingerprint density at radius 2 is 1.70 bits per heavy atom. The minimum atomic E-state index is -0.569. The van der Waals surface area contributed by atoms with Crippen LogP contribution in [0, 0.1) is 5.82 Å². The highest BCUT2D eigenvalue weighted by Gasteiger charge is 2.13. The summed E-state index contributed by atoms with van der Waals surface area (Å²) >= 11 is 0. The molecule has 0 fully saturated rings. The summed E-state index contributed by atoms with van der Waals surface area (Å²) in [5.74, 6) is -0.154. The maximum atomic E-state index is 13.1. The van der Waals surface area contributed by atoms with Crippen LogP contribution in [0.3, 0.4) is 0 Å². The molecule has 0 saturated heterocycles. The Labute approximate surface area is 142 Å². The molecule has 130 valence electrons. The number of ether oxygens (including phenoxy) is 2. The number of rotatable bonds is 12. The predicted octanol–water partition coefficient (Wildman–Crippen LogP) is 4.73. The van der Waals surface area contributed by atoms with Gasteiger partial charge in [0.05, 0.1) is 12.2 Å². The van der Waals surface area contributed by atoms with Crippen molar-refractivity contribution in [1.82, 2.24) is 0 Å². The third-order valence-corrected chi connectivity index (χ3v) is 4.00. The second-order valence-electron chi connectivity index (χ2n) is 6.11. The molecular weight excluding hydrogens is 311 g/mol. The molecule has 5 heteroatoms. The van der Waals surface area contributed by atoms with Crippen LogP contribution in [0.5, 0.6) is 0 Å². The number of unbranched alkanes of at least 4 members (excludes halogenated alkanes) is 2. The molecule has 0 aromatic heterocycles. The highest BCUT2D eigenvalue weighted by molar-refractivity contribution is 6.27. The minimum Gasteiger partial charge on any atom is -0.372 e. The average molecular weight is 341 g/mol. The summed E-state index contributed by atoms with van der Waals surface area (Å²) in [6.07, 6.45) is 4.38. The van der Waals surface area contributed by atoms with Gasteiger partial charge in [0.15, 0.2) is 0 Å². The van der Waals surface area contributed by atoms with E-state index in [0.29, 0.717) is 9.76 Å². The summed E-state index contributed by atoms with van der Waals surface area (Å²) in [7, 11) is 0.377.